The standard InChI is InChI=1S/C26H32N4O4/c1-7-8-30-19(5)11-21(20(30)6)12-22(13-27)26(33)34-15-24(32)28-14-23(31)29-25-17(3)9-16(2)10-18(25)4/h9-12H,7-8,14-15H2,1-6H3,(H,28,32)(H,29,31)/b22-12+. The molecule has 0 unspecified atom stereocenters. The molecule has 0 aliphatic carbocycles. The third-order valence-corrected chi connectivity index (χ3v) is 5.42. The Labute approximate surface area is 200 Å². The molecule has 8 heteroatoms. The van der Waals surface area contributed by atoms with Crippen molar-refractivity contribution in [3.8, 4) is 6.07 Å². The van der Waals surface area contributed by atoms with E-state index in [1.54, 1.807) is 0 Å². The number of carbonyl (C=O) groups excluding carboxylic acids is 3. The zero-order valence-corrected chi connectivity index (χ0v) is 20.7. The van der Waals surface area contributed by atoms with Gasteiger partial charge in [-0.2, -0.15) is 5.26 Å². The Hall–Kier alpha value is -3.86. The molecule has 0 atom stereocenters. The molecule has 1 heterocycles. The minimum atomic E-state index is -0.895. The fourth-order valence-corrected chi connectivity index (χ4v) is 3.83. The molecule has 0 radical (unpaired) electrons. The van der Waals surface area contributed by atoms with E-state index in [4.69, 9.17) is 4.74 Å². The zero-order chi connectivity index (χ0) is 25.4. The molecule has 2 amide bonds. The van der Waals surface area contributed by atoms with E-state index in [-0.39, 0.29) is 12.1 Å². The second-order valence-corrected chi connectivity index (χ2v) is 8.32. The van der Waals surface area contributed by atoms with Crippen molar-refractivity contribution in [2.75, 3.05) is 18.5 Å². The van der Waals surface area contributed by atoms with Gasteiger partial charge in [0.05, 0.1) is 6.54 Å². The van der Waals surface area contributed by atoms with Crippen molar-refractivity contribution in [2.45, 2.75) is 54.5 Å². The molecule has 1 aromatic carbocycles. The number of amides is 2. The Morgan fingerprint density at radius 2 is 1.71 bits per heavy atom. The molecule has 180 valence electrons. The lowest BCUT2D eigenvalue weighted by molar-refractivity contribution is -0.144. The number of anilines is 1. The largest absolute Gasteiger partial charge is 0.451 e. The van der Waals surface area contributed by atoms with E-state index in [0.717, 1.165) is 46.6 Å². The van der Waals surface area contributed by atoms with Gasteiger partial charge in [0, 0.05) is 23.6 Å². The molecule has 34 heavy (non-hydrogen) atoms. The van der Waals surface area contributed by atoms with Crippen LogP contribution < -0.4 is 10.6 Å². The predicted molar refractivity (Wildman–Crippen MR) is 131 cm³/mol. The third-order valence-electron chi connectivity index (χ3n) is 5.42. The fraction of sp³-hybridized carbons (Fsp3) is 0.385. The minimum absolute atomic E-state index is 0.201. The van der Waals surface area contributed by atoms with Crippen LogP contribution in [0.3, 0.4) is 0 Å². The number of hydrogen-bond donors (Lipinski definition) is 2. The summed E-state index contributed by atoms with van der Waals surface area (Å²) in [4.78, 5) is 36.6. The second-order valence-electron chi connectivity index (χ2n) is 8.32. The number of hydrogen-bond acceptors (Lipinski definition) is 5. The highest BCUT2D eigenvalue weighted by molar-refractivity contribution is 5.99. The average Bonchev–Trinajstić information content (AvgIpc) is 3.04. The van der Waals surface area contributed by atoms with Crippen LogP contribution in [0.5, 0.6) is 0 Å². The van der Waals surface area contributed by atoms with Crippen molar-refractivity contribution in [3.05, 3.63) is 57.4 Å². The van der Waals surface area contributed by atoms with Gasteiger partial charge in [-0.25, -0.2) is 4.79 Å². The fourth-order valence-electron chi connectivity index (χ4n) is 3.83. The van der Waals surface area contributed by atoms with Crippen LogP contribution in [-0.4, -0.2) is 35.5 Å². The van der Waals surface area contributed by atoms with Gasteiger partial charge in [0.2, 0.25) is 5.91 Å². The second kappa shape index (κ2) is 11.8. The van der Waals surface area contributed by atoms with E-state index in [1.807, 2.05) is 58.9 Å². The first-order valence-electron chi connectivity index (χ1n) is 11.2. The minimum Gasteiger partial charge on any atom is -0.451 e. The SMILES string of the molecule is CCCn1c(C)cc(/C=C(\C#N)C(=O)OCC(=O)NCC(=O)Nc2c(C)cc(C)cc2C)c1C. The molecule has 0 saturated carbocycles. The Morgan fingerprint density at radius 1 is 1.06 bits per heavy atom. The molecule has 0 spiro atoms. The van der Waals surface area contributed by atoms with Gasteiger partial charge in [0.1, 0.15) is 11.6 Å². The van der Waals surface area contributed by atoms with Crippen molar-refractivity contribution in [1.82, 2.24) is 9.88 Å². The lowest BCUT2D eigenvalue weighted by Crippen LogP contribution is -2.35. The van der Waals surface area contributed by atoms with Crippen LogP contribution in [0.1, 0.15) is 47.0 Å². The number of esters is 1. The Bertz CT molecular complexity index is 1150. The Morgan fingerprint density at radius 3 is 2.29 bits per heavy atom. The maximum atomic E-state index is 12.3. The quantitative estimate of drug-likeness (QED) is 0.334. The van der Waals surface area contributed by atoms with Gasteiger partial charge >= 0.3 is 5.97 Å². The number of nitriles is 1. The molecular formula is C26H32N4O4. The normalized spacial score (nSPS) is 11.0. The highest BCUT2D eigenvalue weighted by atomic mass is 16.5. The van der Waals surface area contributed by atoms with E-state index < -0.39 is 24.4 Å². The van der Waals surface area contributed by atoms with Crippen LogP contribution in [-0.2, 0) is 25.7 Å². The van der Waals surface area contributed by atoms with Gasteiger partial charge in [0.25, 0.3) is 5.91 Å². The van der Waals surface area contributed by atoms with E-state index in [2.05, 4.69) is 22.1 Å². The highest BCUT2D eigenvalue weighted by Gasteiger charge is 2.16. The maximum Gasteiger partial charge on any atom is 0.349 e. The summed E-state index contributed by atoms with van der Waals surface area (Å²) in [7, 11) is 0. The van der Waals surface area contributed by atoms with Gasteiger partial charge in [-0.15, -0.1) is 0 Å². The lowest BCUT2D eigenvalue weighted by Gasteiger charge is -2.13. The number of ether oxygens (including phenoxy) is 1. The van der Waals surface area contributed by atoms with Gasteiger partial charge in [-0.1, -0.05) is 24.6 Å². The Kier molecular flexibility index (Phi) is 9.19. The van der Waals surface area contributed by atoms with E-state index >= 15 is 0 Å². The topological polar surface area (TPSA) is 113 Å². The molecule has 1 aromatic heterocycles. The predicted octanol–water partition coefficient (Wildman–Crippen LogP) is 3.65. The summed E-state index contributed by atoms with van der Waals surface area (Å²) in [5.41, 5.74) is 6.19. The maximum absolute atomic E-state index is 12.3. The van der Waals surface area contributed by atoms with Crippen molar-refractivity contribution < 1.29 is 19.1 Å². The van der Waals surface area contributed by atoms with Gasteiger partial charge in [-0.05, 0) is 69.9 Å². The first-order chi connectivity index (χ1) is 16.1. The van der Waals surface area contributed by atoms with Crippen LogP contribution in [0.2, 0.25) is 0 Å². The molecule has 0 fully saturated rings. The summed E-state index contributed by atoms with van der Waals surface area (Å²) in [6.45, 7) is 11.7. The van der Waals surface area contributed by atoms with Gasteiger partial charge in [0.15, 0.2) is 6.61 Å². The molecule has 0 aliphatic rings. The van der Waals surface area contributed by atoms with Crippen molar-refractivity contribution >= 4 is 29.5 Å². The summed E-state index contributed by atoms with van der Waals surface area (Å²) in [6, 6.07) is 7.66. The first-order valence-corrected chi connectivity index (χ1v) is 11.2. The monoisotopic (exact) mass is 464 g/mol. The number of nitrogens with zero attached hydrogens (tertiary/aromatic N) is 2. The van der Waals surface area contributed by atoms with E-state index in [0.29, 0.717) is 5.69 Å². The smallest absolute Gasteiger partial charge is 0.349 e. The number of benzene rings is 1. The van der Waals surface area contributed by atoms with Crippen molar-refractivity contribution in [1.29, 1.82) is 5.26 Å². The van der Waals surface area contributed by atoms with Crippen LogP contribution in [0.4, 0.5) is 5.69 Å². The van der Waals surface area contributed by atoms with Crippen LogP contribution in [0.15, 0.2) is 23.8 Å². The molecule has 2 aromatic rings. The molecule has 0 bridgehead atoms. The number of nitrogens with one attached hydrogen (secondary N) is 2. The summed E-state index contributed by atoms with van der Waals surface area (Å²) in [5, 5.41) is 14.6. The molecule has 0 saturated heterocycles. The number of aryl methyl sites for hydroxylation is 4. The van der Waals surface area contributed by atoms with E-state index in [9.17, 15) is 19.6 Å². The lowest BCUT2D eigenvalue weighted by atomic mass is 10.1. The molecule has 2 N–H and O–H groups in total. The summed E-state index contributed by atoms with van der Waals surface area (Å²) in [5.74, 6) is -1.93. The van der Waals surface area contributed by atoms with Crippen molar-refractivity contribution in [2.24, 2.45) is 0 Å². The van der Waals surface area contributed by atoms with E-state index in [1.165, 1.54) is 6.08 Å². The van der Waals surface area contributed by atoms with Crippen LogP contribution >= 0.6 is 0 Å². The van der Waals surface area contributed by atoms with Crippen LogP contribution in [0.25, 0.3) is 6.08 Å². The van der Waals surface area contributed by atoms with Crippen LogP contribution in [0, 0.1) is 45.9 Å². The molecule has 2 rings (SSSR count). The van der Waals surface area contributed by atoms with Gasteiger partial charge < -0.3 is 19.9 Å². The average molecular weight is 465 g/mol. The summed E-state index contributed by atoms with van der Waals surface area (Å²) >= 11 is 0. The van der Waals surface area contributed by atoms with Crippen molar-refractivity contribution in [3.63, 3.8) is 0 Å². The molecule has 0 aliphatic heterocycles. The Balaban J connectivity index is 1.91. The highest BCUT2D eigenvalue weighted by Crippen LogP contribution is 2.22. The molecular weight excluding hydrogens is 432 g/mol. The number of aromatic nitrogens is 1. The summed E-state index contributed by atoms with van der Waals surface area (Å²) in [6.07, 6.45) is 2.43. The molecule has 8 nitrogen and oxygen atoms in total. The third kappa shape index (κ3) is 6.82. The number of carbonyl (C=O) groups is 3. The zero-order valence-electron chi connectivity index (χ0n) is 20.7. The summed E-state index contributed by atoms with van der Waals surface area (Å²) < 4.78 is 7.09. The number of rotatable bonds is 9. The first kappa shape index (κ1) is 26.4. The van der Waals surface area contributed by atoms with Gasteiger partial charge in [-0.3, -0.25) is 9.59 Å².